The highest BCUT2D eigenvalue weighted by Crippen LogP contribution is 2.23. The molecule has 0 unspecified atom stereocenters. The third kappa shape index (κ3) is 4.10. The fourth-order valence-electron chi connectivity index (χ4n) is 3.06. The number of carbonyl (C=O) groups excluding carboxylic acids is 1. The lowest BCUT2D eigenvalue weighted by molar-refractivity contribution is 0.174. The molecule has 1 aromatic heterocycles. The summed E-state index contributed by atoms with van der Waals surface area (Å²) in [5.41, 5.74) is 1.91. The molecule has 25 heavy (non-hydrogen) atoms. The van der Waals surface area contributed by atoms with E-state index in [4.69, 9.17) is 0 Å². The summed E-state index contributed by atoms with van der Waals surface area (Å²) in [6.45, 7) is 5.70. The molecule has 0 saturated carbocycles. The Bertz CT molecular complexity index is 699. The lowest BCUT2D eigenvalue weighted by Crippen LogP contribution is -2.43. The summed E-state index contributed by atoms with van der Waals surface area (Å²) in [6.07, 6.45) is 5.24. The number of carbonyl (C=O) groups is 1. The van der Waals surface area contributed by atoms with Crippen molar-refractivity contribution in [3.8, 4) is 0 Å². The molecule has 1 aromatic carbocycles. The molecule has 2 aromatic rings. The quantitative estimate of drug-likeness (QED) is 0.927. The summed E-state index contributed by atoms with van der Waals surface area (Å²) >= 11 is 0. The topological polar surface area (TPSA) is 66.3 Å². The highest BCUT2D eigenvalue weighted by molar-refractivity contribution is 5.90. The minimum atomic E-state index is -0.0610. The minimum absolute atomic E-state index is 0.0610. The Labute approximate surface area is 148 Å². The minimum Gasteiger partial charge on any atom is -0.372 e. The zero-order valence-corrected chi connectivity index (χ0v) is 15.1. The highest BCUT2D eigenvalue weighted by Gasteiger charge is 2.25. The zero-order valence-electron chi connectivity index (χ0n) is 15.1. The van der Waals surface area contributed by atoms with Crippen molar-refractivity contribution < 1.29 is 4.79 Å². The number of urea groups is 1. The Morgan fingerprint density at radius 3 is 2.96 bits per heavy atom. The first kappa shape index (κ1) is 17.3. The van der Waals surface area contributed by atoms with Crippen molar-refractivity contribution in [1.29, 1.82) is 0 Å². The Morgan fingerprint density at radius 1 is 1.40 bits per heavy atom. The summed E-state index contributed by atoms with van der Waals surface area (Å²) in [5.74, 6) is 0. The van der Waals surface area contributed by atoms with E-state index < -0.39 is 0 Å². The number of amides is 2. The Balaban J connectivity index is 1.65. The van der Waals surface area contributed by atoms with Gasteiger partial charge in [-0.25, -0.2) is 14.5 Å². The SMILES string of the molecule is CC(C)N(C)c1cccc(NC(=O)N2CCC[C@@H](n3cncn3)C2)c1. The number of benzene rings is 1. The number of hydrogen-bond donors (Lipinski definition) is 1. The van der Waals surface area contributed by atoms with Crippen LogP contribution in [0.3, 0.4) is 0 Å². The van der Waals surface area contributed by atoms with E-state index in [0.717, 1.165) is 30.8 Å². The monoisotopic (exact) mass is 342 g/mol. The van der Waals surface area contributed by atoms with Crippen LogP contribution < -0.4 is 10.2 Å². The molecule has 1 aliphatic rings. The van der Waals surface area contributed by atoms with Crippen molar-refractivity contribution in [2.24, 2.45) is 0 Å². The van der Waals surface area contributed by atoms with Crippen molar-refractivity contribution in [2.75, 3.05) is 30.4 Å². The summed E-state index contributed by atoms with van der Waals surface area (Å²) in [4.78, 5) is 20.7. The molecule has 1 fully saturated rings. The van der Waals surface area contributed by atoms with E-state index in [9.17, 15) is 4.79 Å². The molecule has 7 nitrogen and oxygen atoms in total. The fraction of sp³-hybridized carbons (Fsp3) is 0.500. The van der Waals surface area contributed by atoms with Crippen molar-refractivity contribution in [2.45, 2.75) is 38.8 Å². The van der Waals surface area contributed by atoms with E-state index in [-0.39, 0.29) is 12.1 Å². The maximum absolute atomic E-state index is 12.7. The third-order valence-corrected chi connectivity index (χ3v) is 4.77. The molecule has 7 heteroatoms. The maximum Gasteiger partial charge on any atom is 0.321 e. The second kappa shape index (κ2) is 7.55. The molecule has 2 heterocycles. The first-order chi connectivity index (χ1) is 12.0. The predicted molar refractivity (Wildman–Crippen MR) is 98.9 cm³/mol. The van der Waals surface area contributed by atoms with Gasteiger partial charge in [-0.2, -0.15) is 5.10 Å². The predicted octanol–water partition coefficient (Wildman–Crippen LogP) is 2.99. The molecule has 1 N–H and O–H groups in total. The van der Waals surface area contributed by atoms with E-state index in [1.54, 1.807) is 6.33 Å². The van der Waals surface area contributed by atoms with Gasteiger partial charge in [0.05, 0.1) is 6.04 Å². The molecule has 0 bridgehead atoms. The average Bonchev–Trinajstić information content (AvgIpc) is 3.16. The zero-order chi connectivity index (χ0) is 17.8. The Kier molecular flexibility index (Phi) is 5.21. The lowest BCUT2D eigenvalue weighted by Gasteiger charge is -2.32. The first-order valence-corrected chi connectivity index (χ1v) is 8.77. The van der Waals surface area contributed by atoms with Crippen LogP contribution >= 0.6 is 0 Å². The number of nitrogens with one attached hydrogen (secondary N) is 1. The number of aromatic nitrogens is 3. The second-order valence-electron chi connectivity index (χ2n) is 6.80. The lowest BCUT2D eigenvalue weighted by atomic mass is 10.1. The third-order valence-electron chi connectivity index (χ3n) is 4.77. The molecule has 2 amide bonds. The van der Waals surface area contributed by atoms with E-state index in [0.29, 0.717) is 12.6 Å². The molecule has 0 radical (unpaired) electrons. The van der Waals surface area contributed by atoms with E-state index >= 15 is 0 Å². The largest absolute Gasteiger partial charge is 0.372 e. The second-order valence-corrected chi connectivity index (χ2v) is 6.80. The van der Waals surface area contributed by atoms with Gasteiger partial charge in [0.2, 0.25) is 0 Å². The van der Waals surface area contributed by atoms with E-state index in [1.165, 1.54) is 6.33 Å². The van der Waals surface area contributed by atoms with E-state index in [1.807, 2.05) is 27.8 Å². The molecule has 1 saturated heterocycles. The van der Waals surface area contributed by atoms with Crippen LogP contribution in [-0.2, 0) is 0 Å². The number of piperidine rings is 1. The van der Waals surface area contributed by atoms with Gasteiger partial charge in [-0.05, 0) is 44.9 Å². The molecular weight excluding hydrogens is 316 g/mol. The van der Waals surface area contributed by atoms with Gasteiger partial charge >= 0.3 is 6.03 Å². The van der Waals surface area contributed by atoms with Gasteiger partial charge in [0.15, 0.2) is 0 Å². The molecule has 1 atom stereocenters. The molecule has 134 valence electrons. The van der Waals surface area contributed by atoms with Gasteiger partial charge in [0.1, 0.15) is 12.7 Å². The highest BCUT2D eigenvalue weighted by atomic mass is 16.2. The van der Waals surface area contributed by atoms with Crippen molar-refractivity contribution in [1.82, 2.24) is 19.7 Å². The number of likely N-dealkylation sites (tertiary alicyclic amines) is 1. The van der Waals surface area contributed by atoms with Gasteiger partial charge in [-0.15, -0.1) is 0 Å². The average molecular weight is 342 g/mol. The molecule has 0 spiro atoms. The molecule has 1 aliphatic heterocycles. The van der Waals surface area contributed by atoms with Gasteiger partial charge < -0.3 is 15.1 Å². The summed E-state index contributed by atoms with van der Waals surface area (Å²) in [7, 11) is 2.05. The standard InChI is InChI=1S/C18H26N6O/c1-14(2)22(3)16-7-4-6-15(10-16)21-18(25)23-9-5-8-17(11-23)24-13-19-12-20-24/h4,6-7,10,12-14,17H,5,8-9,11H2,1-3H3,(H,21,25)/t17-/m1/s1. The van der Waals surface area contributed by atoms with Crippen LogP contribution in [0.2, 0.25) is 0 Å². The van der Waals surface area contributed by atoms with Gasteiger partial charge in [0.25, 0.3) is 0 Å². The fourth-order valence-corrected chi connectivity index (χ4v) is 3.06. The van der Waals surface area contributed by atoms with Gasteiger partial charge in [-0.3, -0.25) is 0 Å². The number of hydrogen-bond acceptors (Lipinski definition) is 4. The smallest absolute Gasteiger partial charge is 0.321 e. The van der Waals surface area contributed by atoms with Gasteiger partial charge in [-0.1, -0.05) is 6.07 Å². The van der Waals surface area contributed by atoms with Gasteiger partial charge in [0, 0.05) is 37.6 Å². The van der Waals surface area contributed by atoms with Crippen LogP contribution in [0.5, 0.6) is 0 Å². The first-order valence-electron chi connectivity index (χ1n) is 8.77. The van der Waals surface area contributed by atoms with Crippen LogP contribution in [0.25, 0.3) is 0 Å². The molecule has 0 aliphatic carbocycles. The van der Waals surface area contributed by atoms with Crippen LogP contribution in [-0.4, -0.2) is 51.9 Å². The number of nitrogens with zero attached hydrogens (tertiary/aromatic N) is 5. The van der Waals surface area contributed by atoms with Crippen LogP contribution in [0.4, 0.5) is 16.2 Å². The van der Waals surface area contributed by atoms with Crippen LogP contribution in [0.15, 0.2) is 36.9 Å². The van der Waals surface area contributed by atoms with Crippen molar-refractivity contribution in [3.05, 3.63) is 36.9 Å². The summed E-state index contributed by atoms with van der Waals surface area (Å²) in [6, 6.07) is 8.49. The summed E-state index contributed by atoms with van der Waals surface area (Å²) < 4.78 is 1.84. The number of anilines is 2. The normalized spacial score (nSPS) is 17.6. The number of rotatable bonds is 4. The molecule has 3 rings (SSSR count). The van der Waals surface area contributed by atoms with Crippen LogP contribution in [0, 0.1) is 0 Å². The summed E-state index contributed by atoms with van der Waals surface area (Å²) in [5, 5.41) is 7.23. The van der Waals surface area contributed by atoms with Crippen LogP contribution in [0.1, 0.15) is 32.7 Å². The Morgan fingerprint density at radius 2 is 2.24 bits per heavy atom. The molecular formula is C18H26N6O. The maximum atomic E-state index is 12.7. The Hall–Kier alpha value is -2.57. The van der Waals surface area contributed by atoms with Crippen molar-refractivity contribution in [3.63, 3.8) is 0 Å². The van der Waals surface area contributed by atoms with E-state index in [2.05, 4.69) is 47.3 Å². The van der Waals surface area contributed by atoms with Crippen molar-refractivity contribution >= 4 is 17.4 Å².